The molecule has 3 aromatic rings. The van der Waals surface area contributed by atoms with Crippen molar-refractivity contribution in [1.29, 1.82) is 0 Å². The molecule has 2 aromatic heterocycles. The molecule has 0 spiro atoms. The summed E-state index contributed by atoms with van der Waals surface area (Å²) in [4.78, 5) is 14.4. The number of allylic oxidation sites excluding steroid dienone is 1. The lowest BCUT2D eigenvalue weighted by Crippen LogP contribution is -2.48. The van der Waals surface area contributed by atoms with E-state index in [9.17, 15) is 0 Å². The minimum absolute atomic E-state index is 0.104. The number of nitrogens with zero attached hydrogens (tertiary/aromatic N) is 5. The number of piperazine rings is 1. The van der Waals surface area contributed by atoms with Gasteiger partial charge in [0.25, 0.3) is 0 Å². The van der Waals surface area contributed by atoms with Gasteiger partial charge in [0.15, 0.2) is 0 Å². The van der Waals surface area contributed by atoms with E-state index in [1.165, 1.54) is 33.5 Å². The maximum Gasteiger partial charge on any atom is 0.0945 e. The summed E-state index contributed by atoms with van der Waals surface area (Å²) in [7, 11) is 3.84. The minimum Gasteiger partial charge on any atom is -0.379 e. The first-order valence-electron chi connectivity index (χ1n) is 13.4. The van der Waals surface area contributed by atoms with E-state index in [0.29, 0.717) is 6.61 Å². The monoisotopic (exact) mass is 497 g/mol. The second-order valence-corrected chi connectivity index (χ2v) is 10.4. The summed E-state index contributed by atoms with van der Waals surface area (Å²) in [5.74, 6) is 0.263. The molecule has 0 saturated carbocycles. The Hall–Kier alpha value is -3.22. The Morgan fingerprint density at radius 2 is 2.00 bits per heavy atom. The number of aromatic nitrogens is 3. The fraction of sp³-hybridized carbons (Fsp3) is 0.419. The van der Waals surface area contributed by atoms with Gasteiger partial charge < -0.3 is 14.2 Å². The molecule has 0 amide bonds. The van der Waals surface area contributed by atoms with Crippen molar-refractivity contribution in [3.05, 3.63) is 95.0 Å². The highest BCUT2D eigenvalue weighted by Gasteiger charge is 2.34. The van der Waals surface area contributed by atoms with Crippen LogP contribution >= 0.6 is 0 Å². The van der Waals surface area contributed by atoms with Crippen LogP contribution in [0.1, 0.15) is 65.4 Å². The molecule has 2 unspecified atom stereocenters. The molecular weight excluding hydrogens is 458 g/mol. The Kier molecular flexibility index (Phi) is 7.58. The van der Waals surface area contributed by atoms with Crippen LogP contribution < -0.4 is 0 Å². The number of benzene rings is 1. The lowest BCUT2D eigenvalue weighted by atomic mass is 9.83. The molecule has 37 heavy (non-hydrogen) atoms. The summed E-state index contributed by atoms with van der Waals surface area (Å²) in [6.07, 6.45) is 10.5. The van der Waals surface area contributed by atoms with E-state index in [2.05, 4.69) is 83.2 Å². The predicted molar refractivity (Wildman–Crippen MR) is 150 cm³/mol. The third-order valence-electron chi connectivity index (χ3n) is 7.86. The topological polar surface area (TPSA) is 46.4 Å². The molecule has 6 heteroatoms. The summed E-state index contributed by atoms with van der Waals surface area (Å²) in [5.41, 5.74) is 10.0. The highest BCUT2D eigenvalue weighted by molar-refractivity contribution is 5.89. The lowest BCUT2D eigenvalue weighted by Gasteiger charge is -2.41. The largest absolute Gasteiger partial charge is 0.379 e. The van der Waals surface area contributed by atoms with Crippen molar-refractivity contribution in [2.24, 2.45) is 7.05 Å². The molecule has 1 fully saturated rings. The number of rotatable bonds is 8. The van der Waals surface area contributed by atoms with Crippen LogP contribution in [0.3, 0.4) is 0 Å². The molecule has 194 valence electrons. The third kappa shape index (κ3) is 5.00. The molecule has 5 rings (SSSR count). The van der Waals surface area contributed by atoms with Gasteiger partial charge in [0.1, 0.15) is 0 Å². The van der Waals surface area contributed by atoms with Crippen LogP contribution in [0.5, 0.6) is 0 Å². The van der Waals surface area contributed by atoms with Gasteiger partial charge in [-0.25, -0.2) is 4.98 Å². The van der Waals surface area contributed by atoms with E-state index in [4.69, 9.17) is 9.72 Å². The standard InChI is InChI=1S/C31H39N5O/c1-6-8-25(29-19-32-21-34(29)4)28-18-24-9-7-12-33-30(24)31(26-11-10-22(2)17-27(26)28)36-15-13-35(14-16-36)23(3)20-37-5/h7,9-12,17-19,21,25,31H,3,6,8,13-16,20H2,1-2,4-5H3. The van der Waals surface area contributed by atoms with Crippen molar-refractivity contribution in [2.75, 3.05) is 39.9 Å². The predicted octanol–water partition coefficient (Wildman–Crippen LogP) is 5.43. The van der Waals surface area contributed by atoms with E-state index in [1.54, 1.807) is 7.11 Å². The Balaban J connectivity index is 1.61. The SMILES string of the molecule is C=C(COC)N1CCN(C2c3ccc(C)cc3C(C(CCC)c3cncn3C)=Cc3cccnc32)CC1. The first kappa shape index (κ1) is 25.4. The smallest absolute Gasteiger partial charge is 0.0945 e. The number of hydrogen-bond donors (Lipinski definition) is 0. The van der Waals surface area contributed by atoms with Crippen LogP contribution in [-0.4, -0.2) is 64.2 Å². The molecule has 1 aliphatic heterocycles. The summed E-state index contributed by atoms with van der Waals surface area (Å²) in [6, 6.07) is 11.4. The van der Waals surface area contributed by atoms with Crippen molar-refractivity contribution < 1.29 is 4.74 Å². The Bertz CT molecular complexity index is 1280. The molecular formula is C31H39N5O. The van der Waals surface area contributed by atoms with E-state index in [1.807, 2.05) is 18.7 Å². The van der Waals surface area contributed by atoms with Crippen LogP contribution in [0.4, 0.5) is 0 Å². The second-order valence-electron chi connectivity index (χ2n) is 10.4. The van der Waals surface area contributed by atoms with E-state index in [-0.39, 0.29) is 12.0 Å². The first-order chi connectivity index (χ1) is 18.0. The summed E-state index contributed by atoms with van der Waals surface area (Å²) >= 11 is 0. The van der Waals surface area contributed by atoms with Crippen molar-refractivity contribution in [3.8, 4) is 0 Å². The molecule has 0 N–H and O–H groups in total. The number of fused-ring (bicyclic) bond motifs is 2. The van der Waals surface area contributed by atoms with Crippen molar-refractivity contribution >= 4 is 11.6 Å². The number of ether oxygens (including phenoxy) is 1. The highest BCUT2D eigenvalue weighted by atomic mass is 16.5. The van der Waals surface area contributed by atoms with Gasteiger partial charge in [-0.3, -0.25) is 9.88 Å². The first-order valence-corrected chi connectivity index (χ1v) is 13.4. The molecule has 1 aliphatic carbocycles. The van der Waals surface area contributed by atoms with Crippen LogP contribution in [0.2, 0.25) is 0 Å². The van der Waals surface area contributed by atoms with Gasteiger partial charge in [0.05, 0.1) is 24.7 Å². The second kappa shape index (κ2) is 11.0. The Morgan fingerprint density at radius 1 is 1.19 bits per heavy atom. The maximum absolute atomic E-state index is 5.34. The highest BCUT2D eigenvalue weighted by Crippen LogP contribution is 2.45. The van der Waals surface area contributed by atoms with Gasteiger partial charge in [-0.2, -0.15) is 0 Å². The molecule has 0 bridgehead atoms. The minimum atomic E-state index is 0.104. The normalized spacial score (nSPS) is 18.5. The van der Waals surface area contributed by atoms with Gasteiger partial charge in [-0.15, -0.1) is 0 Å². The average molecular weight is 498 g/mol. The molecule has 1 saturated heterocycles. The number of pyridine rings is 1. The molecule has 2 atom stereocenters. The van der Waals surface area contributed by atoms with Gasteiger partial charge in [-0.05, 0) is 47.8 Å². The van der Waals surface area contributed by atoms with Gasteiger partial charge in [0.2, 0.25) is 0 Å². The van der Waals surface area contributed by atoms with Crippen LogP contribution in [0.15, 0.2) is 61.3 Å². The van der Waals surface area contributed by atoms with Gasteiger partial charge in [-0.1, -0.05) is 49.8 Å². The molecule has 3 heterocycles. The fourth-order valence-electron chi connectivity index (χ4n) is 6.00. The third-order valence-corrected chi connectivity index (χ3v) is 7.86. The van der Waals surface area contributed by atoms with Gasteiger partial charge in [0, 0.05) is 70.0 Å². The summed E-state index contributed by atoms with van der Waals surface area (Å²) < 4.78 is 7.51. The Labute approximate surface area is 221 Å². The zero-order valence-corrected chi connectivity index (χ0v) is 22.7. The van der Waals surface area contributed by atoms with Crippen molar-refractivity contribution in [3.63, 3.8) is 0 Å². The van der Waals surface area contributed by atoms with Crippen molar-refractivity contribution in [2.45, 2.75) is 38.6 Å². The summed E-state index contributed by atoms with van der Waals surface area (Å²) in [6.45, 7) is 13.1. The zero-order chi connectivity index (χ0) is 25.9. The zero-order valence-electron chi connectivity index (χ0n) is 22.7. The quantitative estimate of drug-likeness (QED) is 0.415. The molecule has 0 radical (unpaired) electrons. The Morgan fingerprint density at radius 3 is 2.70 bits per heavy atom. The van der Waals surface area contributed by atoms with Crippen LogP contribution in [0, 0.1) is 6.92 Å². The molecule has 2 aliphatic rings. The van der Waals surface area contributed by atoms with Crippen LogP contribution in [0.25, 0.3) is 11.6 Å². The van der Waals surface area contributed by atoms with E-state index in [0.717, 1.165) is 50.4 Å². The van der Waals surface area contributed by atoms with E-state index >= 15 is 0 Å². The molecule has 1 aromatic carbocycles. The maximum atomic E-state index is 5.34. The molecule has 6 nitrogen and oxygen atoms in total. The summed E-state index contributed by atoms with van der Waals surface area (Å²) in [5, 5.41) is 0. The number of imidazole rings is 1. The number of methoxy groups -OCH3 is 1. The number of aryl methyl sites for hydroxylation is 2. The van der Waals surface area contributed by atoms with Crippen molar-refractivity contribution in [1.82, 2.24) is 24.3 Å². The average Bonchev–Trinajstić information content (AvgIpc) is 3.27. The van der Waals surface area contributed by atoms with E-state index < -0.39 is 0 Å². The number of hydrogen-bond acceptors (Lipinski definition) is 5. The van der Waals surface area contributed by atoms with Crippen LogP contribution in [-0.2, 0) is 11.8 Å². The van der Waals surface area contributed by atoms with Gasteiger partial charge >= 0.3 is 0 Å². The lowest BCUT2D eigenvalue weighted by molar-refractivity contribution is 0.111. The fourth-order valence-corrected chi connectivity index (χ4v) is 6.00.